The summed E-state index contributed by atoms with van der Waals surface area (Å²) in [6.07, 6.45) is 1.79. The number of amides is 2. The zero-order valence-corrected chi connectivity index (χ0v) is 20.9. The van der Waals surface area contributed by atoms with Crippen LogP contribution in [0.1, 0.15) is 64.7 Å². The van der Waals surface area contributed by atoms with Crippen LogP contribution in [0.2, 0.25) is 0 Å². The number of primary amides is 1. The molecule has 1 heterocycles. The molecule has 0 fully saturated rings. The number of urea groups is 1. The molecule has 14 nitrogen and oxygen atoms in total. The molecule has 0 bridgehead atoms. The summed E-state index contributed by atoms with van der Waals surface area (Å²) in [5.74, 6) is -6.93. The number of H-pyrrole nitrogens is 1. The number of ether oxygens (including phenoxy) is 1. The van der Waals surface area contributed by atoms with E-state index in [-0.39, 0.29) is 34.9 Å². The van der Waals surface area contributed by atoms with Gasteiger partial charge in [0.15, 0.2) is 23.1 Å². The average Bonchev–Trinajstić information content (AvgIpc) is 3.40. The summed E-state index contributed by atoms with van der Waals surface area (Å²) in [6, 6.07) is 2.01. The van der Waals surface area contributed by atoms with Crippen molar-refractivity contribution in [3.8, 4) is 17.2 Å². The van der Waals surface area contributed by atoms with Crippen molar-refractivity contribution in [2.45, 2.75) is 18.3 Å². The molecule has 3 aromatic rings. The number of Topliss-reactive ketones (excluding diaryl/α,β-unsaturated/α-hetero) is 3. The van der Waals surface area contributed by atoms with Crippen molar-refractivity contribution in [1.29, 1.82) is 0 Å². The van der Waals surface area contributed by atoms with Crippen LogP contribution in [0.5, 0.6) is 17.2 Å². The molecule has 1 aromatic heterocycles. The number of aryl methyl sites for hydroxylation is 1. The van der Waals surface area contributed by atoms with Crippen molar-refractivity contribution in [3.05, 3.63) is 73.4 Å². The quantitative estimate of drug-likeness (QED) is 0.114. The highest BCUT2D eigenvalue weighted by Gasteiger charge is 2.61. The minimum absolute atomic E-state index is 0.0816. The molecule has 2 aromatic carbocycles. The summed E-state index contributed by atoms with van der Waals surface area (Å²) in [5.41, 5.74) is 1.63. The fourth-order valence-electron chi connectivity index (χ4n) is 5.99. The highest BCUT2D eigenvalue weighted by atomic mass is 16.5. The first-order valence-electron chi connectivity index (χ1n) is 12.0. The summed E-state index contributed by atoms with van der Waals surface area (Å²) in [7, 11) is 1.12. The number of hydrazone groups is 1. The molecule has 2 amide bonds. The molecule has 0 saturated carbocycles. The Bertz CT molecular complexity index is 1970. The van der Waals surface area contributed by atoms with E-state index in [9.17, 15) is 44.1 Å². The zero-order valence-electron chi connectivity index (χ0n) is 20.9. The van der Waals surface area contributed by atoms with Crippen LogP contribution in [0, 0.1) is 0 Å². The van der Waals surface area contributed by atoms with Crippen LogP contribution in [0.25, 0.3) is 10.8 Å². The number of methoxy groups -OCH3 is 1. The molecular formula is C27H18N4O10. The molecule has 1 atom stereocenters. The van der Waals surface area contributed by atoms with Crippen LogP contribution < -0.4 is 16.7 Å². The second-order valence-electron chi connectivity index (χ2n) is 9.68. The van der Waals surface area contributed by atoms with Crippen LogP contribution in [0.3, 0.4) is 0 Å². The van der Waals surface area contributed by atoms with Crippen LogP contribution in [0.15, 0.2) is 33.9 Å². The van der Waals surface area contributed by atoms with E-state index in [1.54, 1.807) is 0 Å². The Morgan fingerprint density at radius 1 is 1.02 bits per heavy atom. The number of carbonyl (C=O) groups excluding carboxylic acids is 5. The predicted octanol–water partition coefficient (Wildman–Crippen LogP) is 0.820. The lowest BCUT2D eigenvalue weighted by molar-refractivity contribution is 0.0790. The van der Waals surface area contributed by atoms with Crippen LogP contribution >= 0.6 is 0 Å². The number of nitrogens with one attached hydrogen (secondary N) is 2. The van der Waals surface area contributed by atoms with Gasteiger partial charge in [0.1, 0.15) is 22.7 Å². The number of phenolic OH excluding ortho intramolecular Hbond substituents is 3. The normalized spacial score (nSPS) is 19.1. The summed E-state index contributed by atoms with van der Waals surface area (Å²) >= 11 is 0. The number of nitrogens with two attached hydrogens (primary N) is 1. The molecule has 41 heavy (non-hydrogen) atoms. The number of hydrogen-bond acceptors (Lipinski definition) is 11. The molecule has 7 N–H and O–H groups in total. The van der Waals surface area contributed by atoms with Crippen molar-refractivity contribution in [3.63, 3.8) is 0 Å². The van der Waals surface area contributed by atoms with Gasteiger partial charge in [0.05, 0.1) is 46.7 Å². The standard InChI is InChI=1S/C27H18N4O10/c1-41-12-6-11(32)14-15(19(12)33)21(35)17-16(20(14)34)23(37)27(24(17)38)3-2-8-4-9-5-10(7-29-31-26(28)40)30-25(39)13(9)22(36)18(8)27/h4-7,34-36H,2-3H2,1H3,(H,30,39)(H3,28,31,40). The Hall–Kier alpha value is -5.79. The molecule has 3 aliphatic carbocycles. The van der Waals surface area contributed by atoms with Crippen molar-refractivity contribution in [2.24, 2.45) is 10.8 Å². The summed E-state index contributed by atoms with van der Waals surface area (Å²) in [4.78, 5) is 79.9. The molecule has 3 aliphatic rings. The van der Waals surface area contributed by atoms with E-state index >= 15 is 0 Å². The summed E-state index contributed by atoms with van der Waals surface area (Å²) < 4.78 is 4.89. The maximum absolute atomic E-state index is 14.0. The van der Waals surface area contributed by atoms with Crippen LogP contribution in [-0.2, 0) is 16.6 Å². The van der Waals surface area contributed by atoms with E-state index in [0.29, 0.717) is 5.56 Å². The Labute approximate surface area is 227 Å². The lowest BCUT2D eigenvalue weighted by atomic mass is 9.76. The van der Waals surface area contributed by atoms with Gasteiger partial charge in [0.25, 0.3) is 5.56 Å². The molecule has 1 spiro atoms. The van der Waals surface area contributed by atoms with E-state index in [4.69, 9.17) is 10.5 Å². The number of phenols is 3. The minimum atomic E-state index is -2.14. The van der Waals surface area contributed by atoms with Crippen molar-refractivity contribution < 1.29 is 44.0 Å². The highest BCUT2D eigenvalue weighted by molar-refractivity contribution is 6.38. The number of carbonyl (C=O) groups is 5. The number of rotatable bonds is 3. The van der Waals surface area contributed by atoms with Gasteiger partial charge in [-0.25, -0.2) is 10.2 Å². The minimum Gasteiger partial charge on any atom is -0.507 e. The lowest BCUT2D eigenvalue weighted by Crippen LogP contribution is -2.36. The maximum atomic E-state index is 14.0. The molecule has 6 rings (SSSR count). The number of fused-ring (bicyclic) bond motifs is 5. The number of aromatic hydroxyl groups is 3. The third-order valence-corrected chi connectivity index (χ3v) is 7.64. The largest absolute Gasteiger partial charge is 0.507 e. The number of benzene rings is 2. The van der Waals surface area contributed by atoms with Gasteiger partial charge in [-0.1, -0.05) is 6.07 Å². The van der Waals surface area contributed by atoms with E-state index < -0.39 is 85.4 Å². The maximum Gasteiger partial charge on any atom is 0.332 e. The molecule has 0 aliphatic heterocycles. The fourth-order valence-corrected chi connectivity index (χ4v) is 5.99. The molecule has 0 saturated heterocycles. The van der Waals surface area contributed by atoms with Gasteiger partial charge in [-0.3, -0.25) is 24.0 Å². The van der Waals surface area contributed by atoms with E-state index in [2.05, 4.69) is 10.1 Å². The van der Waals surface area contributed by atoms with Gasteiger partial charge in [-0.05, 0) is 29.9 Å². The first kappa shape index (κ1) is 25.5. The van der Waals surface area contributed by atoms with Crippen molar-refractivity contribution in [2.75, 3.05) is 7.11 Å². The van der Waals surface area contributed by atoms with E-state index in [0.717, 1.165) is 19.4 Å². The lowest BCUT2D eigenvalue weighted by Gasteiger charge is -2.22. The second kappa shape index (κ2) is 8.35. The summed E-state index contributed by atoms with van der Waals surface area (Å²) in [6.45, 7) is 0. The third kappa shape index (κ3) is 3.15. The molecule has 14 heteroatoms. The SMILES string of the molecule is COC1=CC(=O)c2c(O)c3c(c(O)c2C1=O)C(=O)C1(CCc2cc4cc(C=NNC(N)=O)[nH]c(=O)c4c(O)c21)C3=O. The number of nitrogens with zero attached hydrogens (tertiary/aromatic N) is 1. The van der Waals surface area contributed by atoms with Gasteiger partial charge < -0.3 is 30.8 Å². The monoisotopic (exact) mass is 558 g/mol. The summed E-state index contributed by atoms with van der Waals surface area (Å²) in [5, 5.41) is 37.0. The van der Waals surface area contributed by atoms with Crippen molar-refractivity contribution in [1.82, 2.24) is 10.4 Å². The van der Waals surface area contributed by atoms with E-state index in [1.165, 1.54) is 12.1 Å². The number of aromatic nitrogens is 1. The highest BCUT2D eigenvalue weighted by Crippen LogP contribution is 2.57. The Balaban J connectivity index is 1.56. The number of allylic oxidation sites excluding steroid dienone is 2. The number of aromatic amines is 1. The first-order chi connectivity index (χ1) is 19.4. The van der Waals surface area contributed by atoms with E-state index in [1.807, 2.05) is 5.43 Å². The fraction of sp³-hybridized carbons (Fsp3) is 0.148. The zero-order chi connectivity index (χ0) is 29.5. The average molecular weight is 558 g/mol. The van der Waals surface area contributed by atoms with Gasteiger partial charge in [0.2, 0.25) is 5.78 Å². The Morgan fingerprint density at radius 3 is 2.32 bits per heavy atom. The van der Waals surface area contributed by atoms with Gasteiger partial charge in [-0.15, -0.1) is 0 Å². The van der Waals surface area contributed by atoms with Gasteiger partial charge in [-0.2, -0.15) is 5.10 Å². The predicted molar refractivity (Wildman–Crippen MR) is 139 cm³/mol. The molecule has 206 valence electrons. The van der Waals surface area contributed by atoms with Gasteiger partial charge in [0, 0.05) is 11.6 Å². The Morgan fingerprint density at radius 2 is 1.68 bits per heavy atom. The third-order valence-electron chi connectivity index (χ3n) is 7.64. The van der Waals surface area contributed by atoms with Gasteiger partial charge >= 0.3 is 6.03 Å². The number of hydrogen-bond donors (Lipinski definition) is 6. The smallest absolute Gasteiger partial charge is 0.332 e. The number of pyridine rings is 1. The first-order valence-corrected chi connectivity index (χ1v) is 12.0. The topological polar surface area (TPSA) is 239 Å². The van der Waals surface area contributed by atoms with Crippen LogP contribution in [0.4, 0.5) is 4.79 Å². The second-order valence-corrected chi connectivity index (χ2v) is 9.68. The molecular weight excluding hydrogens is 540 g/mol. The number of ketones is 4. The molecule has 1 unspecified atom stereocenters. The van der Waals surface area contributed by atoms with Crippen LogP contribution in [-0.4, -0.2) is 62.8 Å². The Kier molecular flexibility index (Phi) is 5.19. The van der Waals surface area contributed by atoms with Crippen molar-refractivity contribution >= 4 is 46.2 Å². The molecule has 0 radical (unpaired) electrons.